The highest BCUT2D eigenvalue weighted by Gasteiger charge is 2.24. The summed E-state index contributed by atoms with van der Waals surface area (Å²) in [5.74, 6) is 1.81. The summed E-state index contributed by atoms with van der Waals surface area (Å²) in [7, 11) is 0. The van der Waals surface area contributed by atoms with Crippen molar-refractivity contribution in [1.82, 2.24) is 28.7 Å². The Labute approximate surface area is 327 Å². The Morgan fingerprint density at radius 3 is 1.39 bits per heavy atom. The van der Waals surface area contributed by atoms with E-state index in [1.165, 1.54) is 21.8 Å². The Kier molecular flexibility index (Phi) is 6.83. The highest BCUT2D eigenvalue weighted by Crippen LogP contribution is 2.43. The minimum atomic E-state index is 0.566. The van der Waals surface area contributed by atoms with Crippen LogP contribution in [0.25, 0.3) is 106 Å². The second-order valence-corrected chi connectivity index (χ2v) is 14.5. The molecule has 0 saturated heterocycles. The van der Waals surface area contributed by atoms with Crippen LogP contribution in [-0.2, 0) is 0 Å². The molecule has 0 aliphatic heterocycles. The maximum Gasteiger partial charge on any atom is 0.238 e. The summed E-state index contributed by atoms with van der Waals surface area (Å²) in [6.07, 6.45) is 0. The summed E-state index contributed by atoms with van der Waals surface area (Å²) >= 11 is 0. The van der Waals surface area contributed by atoms with Gasteiger partial charge in [0.25, 0.3) is 0 Å². The van der Waals surface area contributed by atoms with Crippen LogP contribution < -0.4 is 0 Å². The number of para-hydroxylation sites is 4. The highest BCUT2D eigenvalue weighted by atomic mass is 15.2. The second kappa shape index (κ2) is 12.3. The van der Waals surface area contributed by atoms with Gasteiger partial charge in [0.1, 0.15) is 0 Å². The van der Waals surface area contributed by atoms with E-state index in [0.29, 0.717) is 17.6 Å². The fraction of sp³-hybridized carbons (Fsp3) is 0. The van der Waals surface area contributed by atoms with E-state index in [9.17, 15) is 0 Å². The van der Waals surface area contributed by atoms with Gasteiger partial charge in [-0.05, 0) is 54.6 Å². The zero-order valence-corrected chi connectivity index (χ0v) is 30.7. The maximum atomic E-state index is 5.31. The Hall–Kier alpha value is -7.83. The SMILES string of the molecule is c1ccc(-c2nc(-c3ccccc3)nc(-n3c4ccc(-n5c6ccccc6c6ccccc65)cc4c4ccc5c(c6ccccc6n5-c5ccccc5)c43)n2)cc1. The molecule has 6 heteroatoms. The monoisotopic (exact) mass is 728 g/mol. The molecular weight excluding hydrogens is 697 g/mol. The largest absolute Gasteiger partial charge is 0.309 e. The van der Waals surface area contributed by atoms with Gasteiger partial charge in [0, 0.05) is 54.8 Å². The molecule has 6 nitrogen and oxygen atoms in total. The van der Waals surface area contributed by atoms with Crippen molar-refractivity contribution >= 4 is 65.4 Å². The van der Waals surface area contributed by atoms with Crippen LogP contribution in [0.4, 0.5) is 0 Å². The van der Waals surface area contributed by atoms with Gasteiger partial charge in [-0.3, -0.25) is 4.57 Å². The van der Waals surface area contributed by atoms with Crippen LogP contribution >= 0.6 is 0 Å². The second-order valence-electron chi connectivity index (χ2n) is 14.5. The summed E-state index contributed by atoms with van der Waals surface area (Å²) in [5.41, 5.74) is 10.7. The highest BCUT2D eigenvalue weighted by molar-refractivity contribution is 6.26. The summed E-state index contributed by atoms with van der Waals surface area (Å²) in [6.45, 7) is 0. The van der Waals surface area contributed by atoms with E-state index in [2.05, 4.69) is 171 Å². The first kappa shape index (κ1) is 31.5. The Balaban J connectivity index is 1.24. The Morgan fingerprint density at radius 1 is 0.298 bits per heavy atom. The van der Waals surface area contributed by atoms with Crippen molar-refractivity contribution in [2.24, 2.45) is 0 Å². The number of fused-ring (bicyclic) bond motifs is 10. The van der Waals surface area contributed by atoms with E-state index in [0.717, 1.165) is 66.1 Å². The molecule has 0 saturated carbocycles. The van der Waals surface area contributed by atoms with Crippen LogP contribution in [0.3, 0.4) is 0 Å². The molecule has 0 aliphatic rings. The summed E-state index contributed by atoms with van der Waals surface area (Å²) in [4.78, 5) is 15.7. The lowest BCUT2D eigenvalue weighted by molar-refractivity contribution is 0.955. The molecule has 57 heavy (non-hydrogen) atoms. The number of rotatable bonds is 5. The quantitative estimate of drug-likeness (QED) is 0.177. The molecule has 0 amide bonds. The molecule has 0 fully saturated rings. The van der Waals surface area contributed by atoms with Crippen molar-refractivity contribution in [3.05, 3.63) is 194 Å². The van der Waals surface area contributed by atoms with E-state index < -0.39 is 0 Å². The molecule has 0 bridgehead atoms. The number of hydrogen-bond donors (Lipinski definition) is 0. The van der Waals surface area contributed by atoms with Crippen LogP contribution in [-0.4, -0.2) is 28.7 Å². The van der Waals surface area contributed by atoms with Gasteiger partial charge in [0.15, 0.2) is 11.6 Å². The third-order valence-corrected chi connectivity index (χ3v) is 11.3. The first-order valence-corrected chi connectivity index (χ1v) is 19.2. The van der Waals surface area contributed by atoms with Crippen molar-refractivity contribution in [3.63, 3.8) is 0 Å². The summed E-state index contributed by atoms with van der Waals surface area (Å²) < 4.78 is 7.02. The number of benzene rings is 8. The van der Waals surface area contributed by atoms with E-state index in [4.69, 9.17) is 15.0 Å². The van der Waals surface area contributed by atoms with Crippen LogP contribution in [0.5, 0.6) is 0 Å². The van der Waals surface area contributed by atoms with Crippen molar-refractivity contribution in [1.29, 1.82) is 0 Å². The lowest BCUT2D eigenvalue weighted by Crippen LogP contribution is -2.06. The molecule has 8 aromatic carbocycles. The van der Waals surface area contributed by atoms with Crippen molar-refractivity contribution in [2.45, 2.75) is 0 Å². The molecule has 0 atom stereocenters. The molecule has 0 spiro atoms. The Morgan fingerprint density at radius 2 is 0.772 bits per heavy atom. The van der Waals surface area contributed by atoms with E-state index in [1.54, 1.807) is 0 Å². The van der Waals surface area contributed by atoms with Gasteiger partial charge < -0.3 is 9.13 Å². The molecule has 4 heterocycles. The van der Waals surface area contributed by atoms with Gasteiger partial charge in [-0.2, -0.15) is 9.97 Å². The molecule has 0 aliphatic carbocycles. The fourth-order valence-corrected chi connectivity index (χ4v) is 8.85. The molecular formula is C51H32N6. The topological polar surface area (TPSA) is 53.5 Å². The van der Waals surface area contributed by atoms with Gasteiger partial charge in [-0.15, -0.1) is 0 Å². The summed E-state index contributed by atoms with van der Waals surface area (Å²) in [5, 5.41) is 7.01. The zero-order valence-electron chi connectivity index (χ0n) is 30.7. The lowest BCUT2D eigenvalue weighted by atomic mass is 10.1. The van der Waals surface area contributed by atoms with E-state index >= 15 is 0 Å². The molecule has 0 unspecified atom stereocenters. The van der Waals surface area contributed by atoms with Crippen LogP contribution in [0, 0.1) is 0 Å². The third kappa shape index (κ3) is 4.74. The predicted octanol–water partition coefficient (Wildman–Crippen LogP) is 12.5. The Bertz CT molecular complexity index is 3390. The third-order valence-electron chi connectivity index (χ3n) is 11.3. The zero-order chi connectivity index (χ0) is 37.5. The molecule has 0 N–H and O–H groups in total. The minimum Gasteiger partial charge on any atom is -0.309 e. The minimum absolute atomic E-state index is 0.566. The van der Waals surface area contributed by atoms with Gasteiger partial charge in [-0.25, -0.2) is 4.98 Å². The molecule has 12 aromatic rings. The normalized spacial score (nSPS) is 11.9. The van der Waals surface area contributed by atoms with Crippen LogP contribution in [0.15, 0.2) is 194 Å². The number of nitrogens with zero attached hydrogens (tertiary/aromatic N) is 6. The van der Waals surface area contributed by atoms with Crippen molar-refractivity contribution in [3.8, 4) is 40.1 Å². The van der Waals surface area contributed by atoms with Gasteiger partial charge in [0.05, 0.1) is 33.1 Å². The van der Waals surface area contributed by atoms with Crippen LogP contribution in [0.1, 0.15) is 0 Å². The number of hydrogen-bond acceptors (Lipinski definition) is 3. The van der Waals surface area contributed by atoms with Crippen molar-refractivity contribution in [2.75, 3.05) is 0 Å². The van der Waals surface area contributed by atoms with Crippen LogP contribution in [0.2, 0.25) is 0 Å². The molecule has 266 valence electrons. The standard InChI is InChI=1S/C51H32N6/c1-4-16-33(17-5-1)49-52-50(34-18-6-2-7-19-34)54-51(53-49)57-45-30-28-36(56-42-25-13-10-22-37(42)38-23-11-14-26-43(38)56)32-41(45)39-29-31-46-47(48(39)57)40-24-12-15-27-44(40)55(46)35-20-8-3-9-21-35/h1-32H. The van der Waals surface area contributed by atoms with Gasteiger partial charge in [0.2, 0.25) is 5.95 Å². The van der Waals surface area contributed by atoms with E-state index in [-0.39, 0.29) is 0 Å². The molecule has 0 radical (unpaired) electrons. The van der Waals surface area contributed by atoms with E-state index in [1.807, 2.05) is 36.4 Å². The average molecular weight is 729 g/mol. The fourth-order valence-electron chi connectivity index (χ4n) is 8.85. The predicted molar refractivity (Wildman–Crippen MR) is 234 cm³/mol. The maximum absolute atomic E-state index is 5.31. The van der Waals surface area contributed by atoms with Gasteiger partial charge in [-0.1, -0.05) is 140 Å². The lowest BCUT2D eigenvalue weighted by Gasteiger charge is -2.12. The first-order chi connectivity index (χ1) is 28.3. The first-order valence-electron chi connectivity index (χ1n) is 19.2. The average Bonchev–Trinajstić information content (AvgIpc) is 3.92. The summed E-state index contributed by atoms with van der Waals surface area (Å²) in [6, 6.07) is 68.4. The molecule has 4 aromatic heterocycles. The van der Waals surface area contributed by atoms with Crippen molar-refractivity contribution < 1.29 is 0 Å². The molecule has 12 rings (SSSR count). The smallest absolute Gasteiger partial charge is 0.238 e. The number of aromatic nitrogens is 6. The van der Waals surface area contributed by atoms with Gasteiger partial charge >= 0.3 is 0 Å².